The third-order valence-electron chi connectivity index (χ3n) is 2.10. The topological polar surface area (TPSA) is 74.2 Å². The highest BCUT2D eigenvalue weighted by Crippen LogP contribution is 2.23. The number of halogens is 4. The van der Waals surface area contributed by atoms with E-state index in [-0.39, 0.29) is 24.2 Å². The zero-order chi connectivity index (χ0) is 13.8. The molecule has 2 N–H and O–H groups in total. The number of hydrogen-bond donors (Lipinski definition) is 1. The Hall–Kier alpha value is -1.22. The maximum atomic E-state index is 12.5. The average Bonchev–Trinajstić information content (AvgIpc) is 2.76. The van der Waals surface area contributed by atoms with Crippen LogP contribution in [0, 0.1) is 0 Å². The standard InChI is InChI=1S/C9H13F4N3O2/c1-5(2-14)7-15-6(16-18-7)3-17-4-9(12,13)8(10)11/h5,8H,2-4,14H2,1H3. The van der Waals surface area contributed by atoms with E-state index < -0.39 is 25.6 Å². The minimum Gasteiger partial charge on any atom is -0.367 e. The molecule has 0 aromatic carbocycles. The number of ether oxygens (including phenoxy) is 1. The molecule has 1 aromatic rings. The highest BCUT2D eigenvalue weighted by molar-refractivity contribution is 4.91. The predicted octanol–water partition coefficient (Wildman–Crippen LogP) is 1.55. The van der Waals surface area contributed by atoms with E-state index in [4.69, 9.17) is 10.3 Å². The number of rotatable bonds is 7. The molecular formula is C9H13F4N3O2. The van der Waals surface area contributed by atoms with Gasteiger partial charge in [-0.15, -0.1) is 0 Å². The second kappa shape index (κ2) is 6.10. The van der Waals surface area contributed by atoms with Crippen LogP contribution < -0.4 is 5.73 Å². The molecule has 0 fully saturated rings. The van der Waals surface area contributed by atoms with E-state index in [0.717, 1.165) is 0 Å². The number of hydrogen-bond acceptors (Lipinski definition) is 5. The largest absolute Gasteiger partial charge is 0.367 e. The van der Waals surface area contributed by atoms with Crippen LogP contribution >= 0.6 is 0 Å². The van der Waals surface area contributed by atoms with Crippen molar-refractivity contribution >= 4 is 0 Å². The Morgan fingerprint density at radius 1 is 1.44 bits per heavy atom. The first kappa shape index (κ1) is 14.8. The number of nitrogens with two attached hydrogens (primary N) is 1. The normalized spacial score (nSPS) is 14.2. The Bertz CT molecular complexity index is 372. The maximum Gasteiger partial charge on any atom is 0.330 e. The summed E-state index contributed by atoms with van der Waals surface area (Å²) >= 11 is 0. The highest BCUT2D eigenvalue weighted by Gasteiger charge is 2.41. The van der Waals surface area contributed by atoms with Crippen LogP contribution in [0.25, 0.3) is 0 Å². The molecule has 18 heavy (non-hydrogen) atoms. The molecule has 1 aromatic heterocycles. The SMILES string of the molecule is CC(CN)c1nc(COCC(F)(F)C(F)F)no1. The third-order valence-corrected chi connectivity index (χ3v) is 2.10. The van der Waals surface area contributed by atoms with Crippen molar-refractivity contribution in [2.75, 3.05) is 13.2 Å². The molecule has 0 radical (unpaired) electrons. The lowest BCUT2D eigenvalue weighted by Crippen LogP contribution is -2.32. The monoisotopic (exact) mass is 271 g/mol. The first-order valence-corrected chi connectivity index (χ1v) is 5.13. The Labute approximate surface area is 100 Å². The minimum atomic E-state index is -4.18. The Kier molecular flexibility index (Phi) is 5.03. The Balaban J connectivity index is 2.43. The van der Waals surface area contributed by atoms with Crippen LogP contribution in [0.2, 0.25) is 0 Å². The van der Waals surface area contributed by atoms with Gasteiger partial charge in [0.2, 0.25) is 5.89 Å². The summed E-state index contributed by atoms with van der Waals surface area (Å²) < 4.78 is 57.8. The summed E-state index contributed by atoms with van der Waals surface area (Å²) in [5.74, 6) is -4.10. The Morgan fingerprint density at radius 3 is 2.67 bits per heavy atom. The van der Waals surface area contributed by atoms with Crippen LogP contribution in [-0.2, 0) is 11.3 Å². The second-order valence-corrected chi connectivity index (χ2v) is 3.74. The van der Waals surface area contributed by atoms with Crippen LogP contribution in [0.15, 0.2) is 4.52 Å². The van der Waals surface area contributed by atoms with E-state index in [1.807, 2.05) is 0 Å². The quantitative estimate of drug-likeness (QED) is 0.761. The third kappa shape index (κ3) is 3.91. The summed E-state index contributed by atoms with van der Waals surface area (Å²) in [6.07, 6.45) is -3.77. The van der Waals surface area contributed by atoms with E-state index >= 15 is 0 Å². The van der Waals surface area contributed by atoms with Gasteiger partial charge in [-0.3, -0.25) is 0 Å². The van der Waals surface area contributed by atoms with E-state index in [0.29, 0.717) is 0 Å². The number of nitrogens with zero attached hydrogens (tertiary/aromatic N) is 2. The molecule has 0 aliphatic rings. The summed E-state index contributed by atoms with van der Waals surface area (Å²) in [5.41, 5.74) is 5.36. The van der Waals surface area contributed by atoms with Crippen molar-refractivity contribution in [3.8, 4) is 0 Å². The molecule has 1 heterocycles. The summed E-state index contributed by atoms with van der Waals surface area (Å²) in [4.78, 5) is 3.83. The van der Waals surface area contributed by atoms with Crippen molar-refractivity contribution in [3.63, 3.8) is 0 Å². The van der Waals surface area contributed by atoms with E-state index in [2.05, 4.69) is 14.9 Å². The molecule has 0 amide bonds. The summed E-state index contributed by atoms with van der Waals surface area (Å²) in [6.45, 7) is 0.194. The second-order valence-electron chi connectivity index (χ2n) is 3.74. The van der Waals surface area contributed by atoms with Crippen molar-refractivity contribution in [2.45, 2.75) is 31.8 Å². The van der Waals surface area contributed by atoms with Crippen LogP contribution in [-0.4, -0.2) is 35.6 Å². The van der Waals surface area contributed by atoms with E-state index in [1.54, 1.807) is 6.92 Å². The van der Waals surface area contributed by atoms with Crippen LogP contribution in [0.3, 0.4) is 0 Å². The smallest absolute Gasteiger partial charge is 0.330 e. The fraction of sp³-hybridized carbons (Fsp3) is 0.778. The van der Waals surface area contributed by atoms with E-state index in [9.17, 15) is 17.6 Å². The van der Waals surface area contributed by atoms with Crippen molar-refractivity contribution in [1.29, 1.82) is 0 Å². The van der Waals surface area contributed by atoms with Gasteiger partial charge in [0.1, 0.15) is 13.2 Å². The van der Waals surface area contributed by atoms with Crippen LogP contribution in [0.1, 0.15) is 24.6 Å². The summed E-state index contributed by atoms with van der Waals surface area (Å²) in [6, 6.07) is 0. The van der Waals surface area contributed by atoms with Crippen molar-refractivity contribution < 1.29 is 26.8 Å². The molecule has 0 spiro atoms. The lowest BCUT2D eigenvalue weighted by Gasteiger charge is -2.14. The van der Waals surface area contributed by atoms with Gasteiger partial charge < -0.3 is 15.0 Å². The molecule has 5 nitrogen and oxygen atoms in total. The molecule has 1 rings (SSSR count). The summed E-state index contributed by atoms with van der Waals surface area (Å²) in [7, 11) is 0. The molecule has 0 saturated heterocycles. The number of aromatic nitrogens is 2. The van der Waals surface area contributed by atoms with Crippen LogP contribution in [0.4, 0.5) is 17.6 Å². The molecular weight excluding hydrogens is 258 g/mol. The van der Waals surface area contributed by atoms with Gasteiger partial charge in [0, 0.05) is 12.5 Å². The molecule has 0 saturated carbocycles. The minimum absolute atomic E-state index is 0.00960. The zero-order valence-corrected chi connectivity index (χ0v) is 9.58. The van der Waals surface area contributed by atoms with Gasteiger partial charge in [0.15, 0.2) is 5.82 Å². The van der Waals surface area contributed by atoms with Gasteiger partial charge in [-0.1, -0.05) is 12.1 Å². The fourth-order valence-electron chi connectivity index (χ4n) is 0.968. The maximum absolute atomic E-state index is 12.5. The van der Waals surface area contributed by atoms with Gasteiger partial charge in [0.25, 0.3) is 0 Å². The molecule has 1 atom stereocenters. The molecule has 104 valence electrons. The van der Waals surface area contributed by atoms with Crippen molar-refractivity contribution in [2.24, 2.45) is 5.73 Å². The van der Waals surface area contributed by atoms with Gasteiger partial charge in [-0.25, -0.2) is 8.78 Å². The first-order valence-electron chi connectivity index (χ1n) is 5.13. The molecule has 9 heteroatoms. The van der Waals surface area contributed by atoms with Gasteiger partial charge in [0.05, 0.1) is 0 Å². The van der Waals surface area contributed by atoms with Gasteiger partial charge in [-0.2, -0.15) is 13.8 Å². The lowest BCUT2D eigenvalue weighted by molar-refractivity contribution is -0.168. The summed E-state index contributed by atoms with van der Waals surface area (Å²) in [5, 5.41) is 3.45. The van der Waals surface area contributed by atoms with E-state index in [1.165, 1.54) is 0 Å². The molecule has 1 unspecified atom stereocenters. The average molecular weight is 271 g/mol. The molecule has 0 bridgehead atoms. The van der Waals surface area contributed by atoms with Gasteiger partial charge in [-0.05, 0) is 0 Å². The number of alkyl halides is 4. The lowest BCUT2D eigenvalue weighted by atomic mass is 10.2. The Morgan fingerprint density at radius 2 is 2.11 bits per heavy atom. The van der Waals surface area contributed by atoms with Crippen molar-refractivity contribution in [3.05, 3.63) is 11.7 Å². The van der Waals surface area contributed by atoms with Gasteiger partial charge >= 0.3 is 12.3 Å². The van der Waals surface area contributed by atoms with Crippen molar-refractivity contribution in [1.82, 2.24) is 10.1 Å². The fourth-order valence-corrected chi connectivity index (χ4v) is 0.968. The first-order chi connectivity index (χ1) is 8.36. The van der Waals surface area contributed by atoms with Crippen LogP contribution in [0.5, 0.6) is 0 Å². The molecule has 0 aliphatic carbocycles. The molecule has 0 aliphatic heterocycles. The predicted molar refractivity (Wildman–Crippen MR) is 52.4 cm³/mol. The zero-order valence-electron chi connectivity index (χ0n) is 9.58. The highest BCUT2D eigenvalue weighted by atomic mass is 19.3.